The third kappa shape index (κ3) is 4.62. The zero-order chi connectivity index (χ0) is 13.4. The molecule has 0 aliphatic rings. The summed E-state index contributed by atoms with van der Waals surface area (Å²) in [4.78, 5) is 14.5. The van der Waals surface area contributed by atoms with Gasteiger partial charge in [0.05, 0.1) is 6.61 Å². The lowest BCUT2D eigenvalue weighted by Gasteiger charge is -2.20. The molecular weight excluding hydrogens is 254 g/mol. The molecule has 1 aromatic rings. The van der Waals surface area contributed by atoms with Gasteiger partial charge in [0.15, 0.2) is 0 Å². The number of nitrogens with zero attached hydrogens (tertiary/aromatic N) is 4. The summed E-state index contributed by atoms with van der Waals surface area (Å²) in [6, 6.07) is 0. The first-order chi connectivity index (χ1) is 8.71. The van der Waals surface area contributed by atoms with Gasteiger partial charge in [0.2, 0.25) is 17.2 Å². The van der Waals surface area contributed by atoms with Crippen LogP contribution in [0.2, 0.25) is 5.28 Å². The SMILES string of the molecule is CCNc1nc(Cl)nc(N(CC)CCOCC)n1. The molecule has 18 heavy (non-hydrogen) atoms. The molecule has 6 nitrogen and oxygen atoms in total. The van der Waals surface area contributed by atoms with Crippen molar-refractivity contribution in [2.45, 2.75) is 20.8 Å². The molecule has 0 saturated carbocycles. The molecule has 0 aromatic carbocycles. The number of rotatable bonds is 8. The Morgan fingerprint density at radius 2 is 2.00 bits per heavy atom. The van der Waals surface area contributed by atoms with Gasteiger partial charge in [0, 0.05) is 26.2 Å². The Morgan fingerprint density at radius 1 is 1.22 bits per heavy atom. The van der Waals surface area contributed by atoms with Crippen molar-refractivity contribution in [3.63, 3.8) is 0 Å². The number of anilines is 2. The first-order valence-corrected chi connectivity index (χ1v) is 6.57. The lowest BCUT2D eigenvalue weighted by Crippen LogP contribution is -2.29. The minimum atomic E-state index is 0.200. The van der Waals surface area contributed by atoms with Crippen molar-refractivity contribution >= 4 is 23.5 Å². The van der Waals surface area contributed by atoms with E-state index in [1.165, 1.54) is 0 Å². The molecule has 1 aromatic heterocycles. The fraction of sp³-hybridized carbons (Fsp3) is 0.727. The maximum absolute atomic E-state index is 5.89. The van der Waals surface area contributed by atoms with Crippen LogP contribution in [0.15, 0.2) is 0 Å². The molecule has 7 heteroatoms. The summed E-state index contributed by atoms with van der Waals surface area (Å²) in [5.41, 5.74) is 0. The van der Waals surface area contributed by atoms with Crippen LogP contribution < -0.4 is 10.2 Å². The summed E-state index contributed by atoms with van der Waals surface area (Å²) in [5.74, 6) is 1.08. The zero-order valence-corrected chi connectivity index (χ0v) is 11.9. The topological polar surface area (TPSA) is 63.2 Å². The van der Waals surface area contributed by atoms with E-state index in [-0.39, 0.29) is 5.28 Å². The van der Waals surface area contributed by atoms with Crippen LogP contribution in [0.4, 0.5) is 11.9 Å². The predicted octanol–water partition coefficient (Wildman–Crippen LogP) is 1.82. The van der Waals surface area contributed by atoms with Crippen LogP contribution in [0.3, 0.4) is 0 Å². The number of hydrogen-bond acceptors (Lipinski definition) is 6. The minimum Gasteiger partial charge on any atom is -0.380 e. The fourth-order valence-electron chi connectivity index (χ4n) is 1.44. The summed E-state index contributed by atoms with van der Waals surface area (Å²) < 4.78 is 5.33. The quantitative estimate of drug-likeness (QED) is 0.729. The molecule has 0 atom stereocenters. The average molecular weight is 274 g/mol. The Labute approximate surface area is 113 Å². The minimum absolute atomic E-state index is 0.200. The van der Waals surface area contributed by atoms with Gasteiger partial charge >= 0.3 is 0 Å². The Hall–Kier alpha value is -1.14. The highest BCUT2D eigenvalue weighted by atomic mass is 35.5. The summed E-state index contributed by atoms with van der Waals surface area (Å²) in [5, 5.41) is 3.23. The van der Waals surface area contributed by atoms with E-state index in [0.717, 1.165) is 19.6 Å². The number of halogens is 1. The van der Waals surface area contributed by atoms with Crippen LogP contribution >= 0.6 is 11.6 Å². The van der Waals surface area contributed by atoms with Gasteiger partial charge in [-0.2, -0.15) is 15.0 Å². The second kappa shape index (κ2) is 8.05. The van der Waals surface area contributed by atoms with Gasteiger partial charge in [0.25, 0.3) is 0 Å². The standard InChI is InChI=1S/C11H20ClN5O/c1-4-13-10-14-9(12)15-11(16-10)17(5-2)7-8-18-6-3/h4-8H2,1-3H3,(H,13,14,15,16). The second-order valence-electron chi connectivity index (χ2n) is 3.53. The van der Waals surface area contributed by atoms with Crippen LogP contribution in [-0.2, 0) is 4.74 Å². The number of aromatic nitrogens is 3. The molecule has 1 heterocycles. The molecule has 0 amide bonds. The van der Waals surface area contributed by atoms with Gasteiger partial charge in [-0.25, -0.2) is 0 Å². The summed E-state index contributed by atoms with van der Waals surface area (Å²) in [6.07, 6.45) is 0. The Balaban J connectivity index is 2.77. The van der Waals surface area contributed by atoms with Gasteiger partial charge in [-0.1, -0.05) is 0 Å². The smallest absolute Gasteiger partial charge is 0.231 e. The molecule has 0 spiro atoms. The molecule has 0 aliphatic carbocycles. The van der Waals surface area contributed by atoms with Crippen LogP contribution in [0.25, 0.3) is 0 Å². The van der Waals surface area contributed by atoms with Gasteiger partial charge < -0.3 is 15.0 Å². The van der Waals surface area contributed by atoms with E-state index >= 15 is 0 Å². The highest BCUT2D eigenvalue weighted by molar-refractivity contribution is 6.28. The van der Waals surface area contributed by atoms with E-state index in [2.05, 4.69) is 20.3 Å². The van der Waals surface area contributed by atoms with Crippen molar-refractivity contribution in [2.24, 2.45) is 0 Å². The first kappa shape index (κ1) is 14.9. The third-order valence-electron chi connectivity index (χ3n) is 2.31. The summed E-state index contributed by atoms with van der Waals surface area (Å²) >= 11 is 5.89. The largest absolute Gasteiger partial charge is 0.380 e. The Bertz CT molecular complexity index is 363. The average Bonchev–Trinajstić information content (AvgIpc) is 2.34. The van der Waals surface area contributed by atoms with Gasteiger partial charge in [-0.15, -0.1) is 0 Å². The van der Waals surface area contributed by atoms with Crippen LogP contribution in [0, 0.1) is 0 Å². The molecule has 102 valence electrons. The molecule has 0 aliphatic heterocycles. The van der Waals surface area contributed by atoms with Crippen LogP contribution in [0.1, 0.15) is 20.8 Å². The molecule has 0 radical (unpaired) electrons. The van der Waals surface area contributed by atoms with Gasteiger partial charge in [-0.3, -0.25) is 0 Å². The highest BCUT2D eigenvalue weighted by Crippen LogP contribution is 2.13. The normalized spacial score (nSPS) is 10.4. The predicted molar refractivity (Wildman–Crippen MR) is 73.4 cm³/mol. The molecule has 0 unspecified atom stereocenters. The van der Waals surface area contributed by atoms with E-state index in [1.807, 2.05) is 25.7 Å². The van der Waals surface area contributed by atoms with Crippen LogP contribution in [0.5, 0.6) is 0 Å². The zero-order valence-electron chi connectivity index (χ0n) is 11.1. The van der Waals surface area contributed by atoms with Gasteiger partial charge in [0.1, 0.15) is 0 Å². The van der Waals surface area contributed by atoms with Crippen molar-refractivity contribution in [3.8, 4) is 0 Å². The van der Waals surface area contributed by atoms with Crippen molar-refractivity contribution in [3.05, 3.63) is 5.28 Å². The van der Waals surface area contributed by atoms with E-state index in [0.29, 0.717) is 25.1 Å². The fourth-order valence-corrected chi connectivity index (χ4v) is 1.59. The summed E-state index contributed by atoms with van der Waals surface area (Å²) in [6.45, 7) is 9.60. The molecule has 1 N–H and O–H groups in total. The van der Waals surface area contributed by atoms with E-state index < -0.39 is 0 Å². The first-order valence-electron chi connectivity index (χ1n) is 6.19. The van der Waals surface area contributed by atoms with Gasteiger partial charge in [-0.05, 0) is 32.4 Å². The van der Waals surface area contributed by atoms with E-state index in [4.69, 9.17) is 16.3 Å². The highest BCUT2D eigenvalue weighted by Gasteiger charge is 2.11. The maximum Gasteiger partial charge on any atom is 0.231 e. The lowest BCUT2D eigenvalue weighted by molar-refractivity contribution is 0.153. The van der Waals surface area contributed by atoms with Crippen LogP contribution in [-0.4, -0.2) is 47.8 Å². The molecule has 1 rings (SSSR count). The molecular formula is C11H20ClN5O. The van der Waals surface area contributed by atoms with Crippen molar-refractivity contribution in [2.75, 3.05) is 43.1 Å². The Morgan fingerprint density at radius 3 is 2.61 bits per heavy atom. The second-order valence-corrected chi connectivity index (χ2v) is 3.87. The number of ether oxygens (including phenoxy) is 1. The number of likely N-dealkylation sites (N-methyl/N-ethyl adjacent to an activating group) is 1. The van der Waals surface area contributed by atoms with E-state index in [1.54, 1.807) is 0 Å². The van der Waals surface area contributed by atoms with Crippen molar-refractivity contribution < 1.29 is 4.74 Å². The van der Waals surface area contributed by atoms with Crippen molar-refractivity contribution in [1.29, 1.82) is 0 Å². The number of hydrogen-bond donors (Lipinski definition) is 1. The Kier molecular flexibility index (Phi) is 6.67. The summed E-state index contributed by atoms with van der Waals surface area (Å²) in [7, 11) is 0. The molecule has 0 fully saturated rings. The lowest BCUT2D eigenvalue weighted by atomic mass is 10.5. The number of nitrogens with one attached hydrogen (secondary N) is 1. The van der Waals surface area contributed by atoms with E-state index in [9.17, 15) is 0 Å². The maximum atomic E-state index is 5.89. The van der Waals surface area contributed by atoms with Crippen molar-refractivity contribution in [1.82, 2.24) is 15.0 Å². The third-order valence-corrected chi connectivity index (χ3v) is 2.47. The molecule has 0 bridgehead atoms. The monoisotopic (exact) mass is 273 g/mol. The molecule has 0 saturated heterocycles.